The van der Waals surface area contributed by atoms with Crippen LogP contribution in [0.4, 0.5) is 67.5 Å². The van der Waals surface area contributed by atoms with Crippen LogP contribution in [0.5, 0.6) is 0 Å². The number of hydrogen-bond acceptors (Lipinski definition) is 20. The van der Waals surface area contributed by atoms with E-state index in [0.717, 1.165) is 34.3 Å². The lowest BCUT2D eigenvalue weighted by Gasteiger charge is -2.27. The minimum atomic E-state index is -1.40. The Morgan fingerprint density at radius 1 is 0.595 bits per heavy atom. The van der Waals surface area contributed by atoms with Crippen molar-refractivity contribution in [3.05, 3.63) is 155 Å². The van der Waals surface area contributed by atoms with Gasteiger partial charge in [-0.25, -0.2) is 49.5 Å². The van der Waals surface area contributed by atoms with Gasteiger partial charge >= 0.3 is 18.2 Å². The maximum absolute atomic E-state index is 14.2. The lowest BCUT2D eigenvalue weighted by atomic mass is 10.2. The van der Waals surface area contributed by atoms with Crippen LogP contribution in [0.15, 0.2) is 126 Å². The van der Waals surface area contributed by atoms with E-state index in [1.807, 2.05) is 32.8 Å². The number of ether oxygens (including phenoxy) is 2. The number of hydrogen-bond donors (Lipinski definition) is 7. The zero-order chi connectivity index (χ0) is 87.7. The maximum Gasteiger partial charge on any atom is 0.411 e. The molecule has 0 saturated carbocycles. The number of alkyl halides is 4. The van der Waals surface area contributed by atoms with Crippen LogP contribution in [0.1, 0.15) is 91.6 Å². The number of para-hydroxylation sites is 1. The highest BCUT2D eigenvalue weighted by molar-refractivity contribution is 9.11. The van der Waals surface area contributed by atoms with Gasteiger partial charge in [-0.1, -0.05) is 54.1 Å². The fourth-order valence-electron chi connectivity index (χ4n) is 10.4. The van der Waals surface area contributed by atoms with Gasteiger partial charge < -0.3 is 57.1 Å². The number of rotatable bonds is 11. The van der Waals surface area contributed by atoms with Gasteiger partial charge in [0, 0.05) is 145 Å². The van der Waals surface area contributed by atoms with Crippen LogP contribution in [-0.4, -0.2) is 183 Å². The Kier molecular flexibility index (Phi) is 49.5. The van der Waals surface area contributed by atoms with E-state index in [4.69, 9.17) is 37.6 Å². The summed E-state index contributed by atoms with van der Waals surface area (Å²) < 4.78 is 121. The van der Waals surface area contributed by atoms with Gasteiger partial charge in [0.2, 0.25) is 23.6 Å². The van der Waals surface area contributed by atoms with Gasteiger partial charge in [0.1, 0.15) is 65.7 Å². The number of benzene rings is 5. The van der Waals surface area contributed by atoms with Crippen molar-refractivity contribution in [1.82, 2.24) is 34.7 Å². The summed E-state index contributed by atoms with van der Waals surface area (Å²) >= 11 is 42.1. The number of carbonyl (C=O) groups is 8. The molecule has 23 nitrogen and oxygen atoms in total. The second-order valence-electron chi connectivity index (χ2n) is 26.7. The molecule has 116 heavy (non-hydrogen) atoms. The van der Waals surface area contributed by atoms with E-state index in [-0.39, 0.29) is 114 Å². The van der Waals surface area contributed by atoms with Crippen molar-refractivity contribution in [3.8, 4) is 0 Å². The third-order valence-electron chi connectivity index (χ3n) is 15.2. The van der Waals surface area contributed by atoms with Crippen molar-refractivity contribution < 1.29 is 88.1 Å². The van der Waals surface area contributed by atoms with Crippen LogP contribution in [0.3, 0.4) is 0 Å². The number of aromatic nitrogens is 2. The van der Waals surface area contributed by atoms with Gasteiger partial charge in [0.05, 0.1) is 71.8 Å². The van der Waals surface area contributed by atoms with Crippen molar-refractivity contribution in [2.45, 2.75) is 148 Å². The number of nitrogens with one attached hydrogen (secondary N) is 4. The Morgan fingerprint density at radius 3 is 1.31 bits per heavy atom. The molecule has 0 unspecified atom stereocenters. The molecule has 4 fully saturated rings. The Bertz CT molecular complexity index is 4510. The van der Waals surface area contributed by atoms with Crippen LogP contribution in [0.2, 0.25) is 0 Å². The number of nitrogens with zero attached hydrogens (tertiary/aromatic N) is 6. The van der Waals surface area contributed by atoms with Crippen LogP contribution >= 0.6 is 88.8 Å². The number of aliphatic carboxylic acids is 1. The Hall–Kier alpha value is -5.79. The molecule has 0 spiro atoms. The third kappa shape index (κ3) is 36.3. The molecule has 5 aromatic carbocycles. The van der Waals surface area contributed by atoms with Crippen LogP contribution < -0.4 is 32.7 Å². The molecule has 1 aromatic heterocycles. The summed E-state index contributed by atoms with van der Waals surface area (Å²) in [6.07, 6.45) is -7.00. The number of anilines is 4. The van der Waals surface area contributed by atoms with Gasteiger partial charge in [-0.05, 0) is 179 Å². The normalized spacial score (nSPS) is 18.0. The number of halogens is 13. The Morgan fingerprint density at radius 2 is 0.966 bits per heavy atom. The van der Waals surface area contributed by atoms with E-state index in [1.54, 1.807) is 90.1 Å². The van der Waals surface area contributed by atoms with Crippen molar-refractivity contribution in [3.63, 3.8) is 0 Å². The number of allylic oxidation sites excluding steroid dienone is 1. The van der Waals surface area contributed by atoms with Gasteiger partial charge in [-0.2, -0.15) is 18.6 Å². The summed E-state index contributed by atoms with van der Waals surface area (Å²) in [7, 11) is 7.11. The standard InChI is InChI=1S/C21H18BrF2N5O3.C16H19BrF2N2O3.C11H11BrF2N2O.C10H16FNO4.C6H5BrFN.C6H12ClN.S4.S3.S2.H2S/c22-13-5-3-6-14(18(13)24)26-21(32)16-8-11(23)9-28(16)17(30)10-29-15-7-2-1-4-12(15)19(27-29)20(25)31;1-16(2,3)24-15(23)21-8-9(18)7-12(21)14(22)20-11-6-4-5-10(17)13(11)19;12-7-2-1-3-8(10(7)14)16-11(17)9-4-6(13)5-15-9;1-10(2,3)16-9(15)12-5-6(11)4-7(12)8(13)14;7-4-2-1-3-5(9)6(4)8;1-5(2)6(7)8(3)4;1-3-4-2;1-3-2;1-2;/h1-7,11,16H,8-10H2,(H2,25,31)(H,26,32);4-6,9,12H,7-8H2,1-3H3,(H,20,22);1-3,6,9,15H,4-5H2,(H,16,17);6-7H,4-5H2,1-3H3,(H,13,14);1-3H,9H2;1-4H3;;;;1H2/t11-,16+;9-,12+;6-,9+;6-,7+;;;;;;/m1111....../s1. The summed E-state index contributed by atoms with van der Waals surface area (Å²) in [5.74, 6) is -6.51. The summed E-state index contributed by atoms with van der Waals surface area (Å²) in [4.78, 5) is 101. The van der Waals surface area contributed by atoms with Gasteiger partial charge in [-0.3, -0.25) is 38.5 Å². The molecule has 46 heteroatoms. The molecule has 9 N–H and O–H groups in total. The molecule has 8 atom stereocenters. The lowest BCUT2D eigenvalue weighted by Crippen LogP contribution is -2.45. The molecule has 10 rings (SSSR count). The van der Waals surface area contributed by atoms with Gasteiger partial charge in [-0.15, -0.1) is 0 Å². The van der Waals surface area contributed by atoms with Crippen LogP contribution in [0.25, 0.3) is 10.9 Å². The molecule has 0 radical (unpaired) electrons. The SMILES string of the molecule is CC(C)(C)OC(=O)N1C[C@H](F)C[C@H]1C(=O)Nc1cccc(Br)c1F.CC(C)(C)OC(=O)N1C[C@H](F)C[C@H]1C(=O)O.CC(C)=C(Cl)N(C)C.NC(=O)c1nn(CC(=O)N2C[C@H](F)C[C@H]2C(=O)Nc2cccc(Br)c2F)c2ccccc12.Nc1cccc(Br)c1F.O=C(Nc1cccc(Br)c1F)[C@@H]1C[C@@H](F)CN1.S.S=S.S=S=S.S=S=S=S. The first-order valence-corrected chi connectivity index (χ1v) is 45.0. The highest BCUT2D eigenvalue weighted by Crippen LogP contribution is 2.31. The number of amides is 7. The predicted molar refractivity (Wildman–Crippen MR) is 476 cm³/mol. The Labute approximate surface area is 749 Å². The number of primary amides is 1. The quantitative estimate of drug-likeness (QED) is 0.0360. The van der Waals surface area contributed by atoms with E-state index in [2.05, 4.69) is 157 Å². The summed E-state index contributed by atoms with van der Waals surface area (Å²) in [6.45, 7) is 13.1. The van der Waals surface area contributed by atoms with Crippen LogP contribution in [-0.2, 0) is 134 Å². The fourth-order valence-corrected chi connectivity index (χ4v) is 11.8. The minimum Gasteiger partial charge on any atom is -0.480 e. The molecule has 6 aromatic rings. The van der Waals surface area contributed by atoms with Gasteiger partial charge in [0.25, 0.3) is 5.91 Å². The van der Waals surface area contributed by atoms with E-state index in [0.29, 0.717) is 15.4 Å². The molecule has 640 valence electrons. The smallest absolute Gasteiger partial charge is 0.411 e. The molecule has 5 heterocycles. The summed E-state index contributed by atoms with van der Waals surface area (Å²) in [6, 6.07) is 21.1. The summed E-state index contributed by atoms with van der Waals surface area (Å²) in [5, 5.41) is 24.3. The first-order valence-electron chi connectivity index (χ1n) is 33.4. The second-order valence-corrected chi connectivity index (χ2v) is 35.8. The lowest BCUT2D eigenvalue weighted by molar-refractivity contribution is -0.142. The Balaban J connectivity index is 0.000000715. The van der Waals surface area contributed by atoms with E-state index < -0.39 is 131 Å². The van der Waals surface area contributed by atoms with Crippen LogP contribution in [0, 0.1) is 23.3 Å². The van der Waals surface area contributed by atoms with Crippen molar-refractivity contribution in [2.75, 3.05) is 62.0 Å². The van der Waals surface area contributed by atoms with Gasteiger partial charge in [0.15, 0.2) is 29.0 Å². The fraction of sp³-hybridized carbons (Fsp3) is 0.414. The average molecular weight is 2100 g/mol. The maximum atomic E-state index is 14.2. The molecule has 4 saturated heterocycles. The van der Waals surface area contributed by atoms with Crippen molar-refractivity contribution in [2.24, 2.45) is 5.73 Å². The summed E-state index contributed by atoms with van der Waals surface area (Å²) in [5.41, 5.74) is 10.9. The zero-order valence-electron chi connectivity index (χ0n) is 63.2. The predicted octanol–water partition coefficient (Wildman–Crippen LogP) is 14.4. The number of fused-ring (bicyclic) bond motifs is 1. The molecular weight excluding hydrogens is 2010 g/mol. The average Bonchev–Trinajstić information content (AvgIpc) is 1.63. The topological polar surface area (TPSA) is 306 Å². The number of carbonyl (C=O) groups excluding carboxylic acids is 7. The molecule has 0 bridgehead atoms. The molecule has 7 amide bonds. The minimum absolute atomic E-state index is 0. The first kappa shape index (κ1) is 108. The molecule has 4 aliphatic heterocycles. The third-order valence-corrected chi connectivity index (χ3v) is 20.6. The van der Waals surface area contributed by atoms with E-state index in [1.165, 1.54) is 71.0 Å². The molecule has 0 aliphatic carbocycles. The number of nitrogen functional groups attached to an aromatic ring is 1. The second kappa shape index (κ2) is 53.1. The van der Waals surface area contributed by atoms with E-state index >= 15 is 0 Å². The largest absolute Gasteiger partial charge is 0.480 e. The molecular formula is C70H83Br4ClF8N12O11S10. The van der Waals surface area contributed by atoms with E-state index in [9.17, 15) is 73.5 Å². The van der Waals surface area contributed by atoms with Crippen molar-refractivity contribution >= 4 is 264 Å². The zero-order valence-corrected chi connectivity index (χ0v) is 78.6. The number of carboxylic acids is 1. The first-order chi connectivity index (χ1) is 53.7. The monoisotopic (exact) mass is 2090 g/mol. The highest BCUT2D eigenvalue weighted by Gasteiger charge is 2.44. The number of nitrogens with two attached hydrogens (primary N) is 2. The van der Waals surface area contributed by atoms with Crippen molar-refractivity contribution in [1.29, 1.82) is 0 Å². The highest BCUT2D eigenvalue weighted by atomic mass is 79.9. The number of likely N-dealkylation sites (tertiary alicyclic amines) is 3. The molecule has 4 aliphatic rings. The number of carboxylic acid groups (broad SMARTS) is 1.